The van der Waals surface area contributed by atoms with Gasteiger partial charge in [-0.1, -0.05) is 42.5 Å². The van der Waals surface area contributed by atoms with E-state index in [-0.39, 0.29) is 5.97 Å². The summed E-state index contributed by atoms with van der Waals surface area (Å²) in [5.41, 5.74) is 6.88. The molecule has 1 aliphatic heterocycles. The number of aryl methyl sites for hydroxylation is 1. The summed E-state index contributed by atoms with van der Waals surface area (Å²) >= 11 is 0. The summed E-state index contributed by atoms with van der Waals surface area (Å²) < 4.78 is 5.19. The molecule has 20 heavy (non-hydrogen) atoms. The molecule has 1 aliphatic carbocycles. The maximum atomic E-state index is 11.7. The molecule has 0 radical (unpaired) electrons. The van der Waals surface area contributed by atoms with Crippen LogP contribution in [0.25, 0.3) is 16.7 Å². The van der Waals surface area contributed by atoms with Gasteiger partial charge in [0.25, 0.3) is 0 Å². The maximum absolute atomic E-state index is 11.7. The van der Waals surface area contributed by atoms with E-state index in [1.165, 1.54) is 22.3 Å². The number of esters is 1. The highest BCUT2D eigenvalue weighted by molar-refractivity contribution is 6.03. The lowest BCUT2D eigenvalue weighted by Gasteiger charge is -2.17. The molecule has 0 saturated heterocycles. The van der Waals surface area contributed by atoms with E-state index in [1.54, 1.807) is 0 Å². The molecular formula is C18H14O2. The lowest BCUT2D eigenvalue weighted by atomic mass is 9.85. The Balaban J connectivity index is 1.86. The van der Waals surface area contributed by atoms with Crippen LogP contribution in [0.15, 0.2) is 54.1 Å². The molecule has 0 unspecified atom stereocenters. The van der Waals surface area contributed by atoms with Gasteiger partial charge in [0.15, 0.2) is 0 Å². The van der Waals surface area contributed by atoms with Crippen molar-refractivity contribution in [3.05, 3.63) is 65.2 Å². The van der Waals surface area contributed by atoms with E-state index in [2.05, 4.69) is 30.3 Å². The summed E-state index contributed by atoms with van der Waals surface area (Å²) in [6, 6.07) is 16.9. The lowest BCUT2D eigenvalue weighted by molar-refractivity contribution is -0.136. The third-order valence-electron chi connectivity index (χ3n) is 4.14. The van der Waals surface area contributed by atoms with Gasteiger partial charge in [-0.05, 0) is 41.2 Å². The van der Waals surface area contributed by atoms with Gasteiger partial charge in [-0.25, -0.2) is 4.79 Å². The highest BCUT2D eigenvalue weighted by Crippen LogP contribution is 2.37. The quantitative estimate of drug-likeness (QED) is 0.734. The Kier molecular flexibility index (Phi) is 2.49. The van der Waals surface area contributed by atoms with Crippen LogP contribution in [-0.4, -0.2) is 12.6 Å². The van der Waals surface area contributed by atoms with Gasteiger partial charge in [0, 0.05) is 11.1 Å². The van der Waals surface area contributed by atoms with Gasteiger partial charge in [-0.15, -0.1) is 0 Å². The van der Waals surface area contributed by atoms with Crippen LogP contribution in [0.3, 0.4) is 0 Å². The Morgan fingerprint density at radius 3 is 2.55 bits per heavy atom. The predicted molar refractivity (Wildman–Crippen MR) is 78.1 cm³/mol. The Hall–Kier alpha value is -2.35. The third kappa shape index (κ3) is 1.68. The molecule has 0 N–H and O–H groups in total. The Bertz CT molecular complexity index is 726. The summed E-state index contributed by atoms with van der Waals surface area (Å²) in [7, 11) is 0. The number of hydrogen-bond acceptors (Lipinski definition) is 2. The standard InChI is InChI=1S/C18H14O2/c19-18-15-9-8-13-6-7-14(12-4-2-1-3-5-12)10-16(13)17(15)11-20-18/h1-7,10H,8-9,11H2. The molecule has 1 heterocycles. The summed E-state index contributed by atoms with van der Waals surface area (Å²) in [6.07, 6.45) is 1.74. The normalized spacial score (nSPS) is 16.7. The van der Waals surface area contributed by atoms with Gasteiger partial charge in [-0.2, -0.15) is 0 Å². The van der Waals surface area contributed by atoms with Crippen molar-refractivity contribution in [3.63, 3.8) is 0 Å². The van der Waals surface area contributed by atoms with Crippen molar-refractivity contribution in [2.24, 2.45) is 0 Å². The summed E-state index contributed by atoms with van der Waals surface area (Å²) in [4.78, 5) is 11.7. The van der Waals surface area contributed by atoms with E-state index in [9.17, 15) is 4.79 Å². The molecule has 2 aromatic rings. The fourth-order valence-electron chi connectivity index (χ4n) is 3.07. The largest absolute Gasteiger partial charge is 0.457 e. The van der Waals surface area contributed by atoms with Crippen molar-refractivity contribution >= 4 is 11.5 Å². The number of hydrogen-bond donors (Lipinski definition) is 0. The predicted octanol–water partition coefficient (Wildman–Crippen LogP) is 3.61. The van der Waals surface area contributed by atoms with E-state index >= 15 is 0 Å². The van der Waals surface area contributed by atoms with Gasteiger partial charge in [-0.3, -0.25) is 0 Å². The zero-order valence-corrected chi connectivity index (χ0v) is 11.1. The second kappa shape index (κ2) is 4.34. The number of fused-ring (bicyclic) bond motifs is 2. The van der Waals surface area contributed by atoms with Gasteiger partial charge in [0.2, 0.25) is 0 Å². The lowest BCUT2D eigenvalue weighted by Crippen LogP contribution is -2.06. The number of ether oxygens (including phenoxy) is 1. The summed E-state index contributed by atoms with van der Waals surface area (Å²) in [5, 5.41) is 0. The third-order valence-corrected chi connectivity index (χ3v) is 4.14. The Morgan fingerprint density at radius 2 is 1.70 bits per heavy atom. The molecule has 0 bridgehead atoms. The first-order valence-electron chi connectivity index (χ1n) is 6.91. The Morgan fingerprint density at radius 1 is 0.850 bits per heavy atom. The summed E-state index contributed by atoms with van der Waals surface area (Å²) in [5.74, 6) is -0.129. The zero-order chi connectivity index (χ0) is 13.5. The van der Waals surface area contributed by atoms with Crippen LogP contribution in [0, 0.1) is 0 Å². The fourth-order valence-corrected chi connectivity index (χ4v) is 3.07. The molecule has 4 rings (SSSR count). The monoisotopic (exact) mass is 262 g/mol. The molecular weight excluding hydrogens is 248 g/mol. The van der Waals surface area contributed by atoms with Gasteiger partial charge in [0.05, 0.1) is 0 Å². The molecule has 0 atom stereocenters. The van der Waals surface area contributed by atoms with Crippen LogP contribution >= 0.6 is 0 Å². The number of benzene rings is 2. The molecule has 2 nitrogen and oxygen atoms in total. The number of cyclic esters (lactones) is 1. The minimum atomic E-state index is -0.129. The van der Waals surface area contributed by atoms with Crippen LogP contribution in [0.1, 0.15) is 17.5 Å². The first-order chi connectivity index (χ1) is 9.83. The van der Waals surface area contributed by atoms with Crippen LogP contribution in [0.2, 0.25) is 0 Å². The SMILES string of the molecule is O=C1OCC2=C1CCc1ccc(-c3ccccc3)cc12. The van der Waals surface area contributed by atoms with Crippen LogP contribution < -0.4 is 0 Å². The minimum absolute atomic E-state index is 0.129. The van der Waals surface area contributed by atoms with E-state index in [0.29, 0.717) is 6.61 Å². The van der Waals surface area contributed by atoms with E-state index in [4.69, 9.17) is 4.74 Å². The molecule has 2 heteroatoms. The first-order valence-corrected chi connectivity index (χ1v) is 6.91. The fraction of sp³-hybridized carbons (Fsp3) is 0.167. The molecule has 0 fully saturated rings. The molecule has 2 aliphatic rings. The van der Waals surface area contributed by atoms with Crippen molar-refractivity contribution in [1.29, 1.82) is 0 Å². The van der Waals surface area contributed by atoms with Crippen molar-refractivity contribution in [2.45, 2.75) is 12.8 Å². The first kappa shape index (κ1) is 11.5. The maximum Gasteiger partial charge on any atom is 0.334 e. The van der Waals surface area contributed by atoms with Crippen molar-refractivity contribution in [2.75, 3.05) is 6.61 Å². The van der Waals surface area contributed by atoms with Crippen molar-refractivity contribution in [1.82, 2.24) is 0 Å². The average molecular weight is 262 g/mol. The Labute approximate surface area is 117 Å². The van der Waals surface area contributed by atoms with Crippen LogP contribution in [-0.2, 0) is 16.0 Å². The average Bonchev–Trinajstić information content (AvgIpc) is 2.89. The van der Waals surface area contributed by atoms with E-state index in [1.807, 2.05) is 18.2 Å². The van der Waals surface area contributed by atoms with E-state index in [0.717, 1.165) is 24.0 Å². The molecule has 0 saturated carbocycles. The molecule has 98 valence electrons. The van der Waals surface area contributed by atoms with Gasteiger partial charge < -0.3 is 4.74 Å². The van der Waals surface area contributed by atoms with E-state index < -0.39 is 0 Å². The highest BCUT2D eigenvalue weighted by atomic mass is 16.5. The van der Waals surface area contributed by atoms with Crippen molar-refractivity contribution < 1.29 is 9.53 Å². The van der Waals surface area contributed by atoms with Gasteiger partial charge in [0.1, 0.15) is 6.61 Å². The number of rotatable bonds is 1. The molecule has 0 amide bonds. The number of carbonyl (C=O) groups excluding carboxylic acids is 1. The topological polar surface area (TPSA) is 26.3 Å². The summed E-state index contributed by atoms with van der Waals surface area (Å²) in [6.45, 7) is 0.430. The van der Waals surface area contributed by atoms with Crippen LogP contribution in [0.4, 0.5) is 0 Å². The minimum Gasteiger partial charge on any atom is -0.457 e. The number of carbonyl (C=O) groups is 1. The zero-order valence-electron chi connectivity index (χ0n) is 11.1. The van der Waals surface area contributed by atoms with Gasteiger partial charge >= 0.3 is 5.97 Å². The molecule has 2 aromatic carbocycles. The van der Waals surface area contributed by atoms with Crippen molar-refractivity contribution in [3.8, 4) is 11.1 Å². The smallest absolute Gasteiger partial charge is 0.334 e. The second-order valence-corrected chi connectivity index (χ2v) is 5.27. The molecule has 0 spiro atoms. The highest BCUT2D eigenvalue weighted by Gasteiger charge is 2.30. The van der Waals surface area contributed by atoms with Crippen LogP contribution in [0.5, 0.6) is 0 Å². The second-order valence-electron chi connectivity index (χ2n) is 5.27. The molecule has 0 aromatic heterocycles.